The van der Waals surface area contributed by atoms with Crippen molar-refractivity contribution in [3.05, 3.63) is 69.4 Å². The number of para-hydroxylation sites is 1. The molecule has 1 N–H and O–H groups in total. The first-order valence-corrected chi connectivity index (χ1v) is 10.1. The molecule has 0 aliphatic heterocycles. The van der Waals surface area contributed by atoms with Crippen LogP contribution in [0.25, 0.3) is 11.5 Å². The van der Waals surface area contributed by atoms with Gasteiger partial charge in [0.15, 0.2) is 5.82 Å². The summed E-state index contributed by atoms with van der Waals surface area (Å²) in [6.45, 7) is 4.15. The van der Waals surface area contributed by atoms with Gasteiger partial charge in [0, 0.05) is 11.5 Å². The number of rotatable bonds is 4. The Hall–Kier alpha value is -3.29. The van der Waals surface area contributed by atoms with Crippen molar-refractivity contribution in [3.63, 3.8) is 0 Å². The van der Waals surface area contributed by atoms with E-state index in [0.29, 0.717) is 18.0 Å². The van der Waals surface area contributed by atoms with Gasteiger partial charge in [0.05, 0.1) is 17.8 Å². The number of fused-ring (bicyclic) bond motifs is 2. The molecule has 0 saturated carbocycles. The van der Waals surface area contributed by atoms with Gasteiger partial charge < -0.3 is 0 Å². The van der Waals surface area contributed by atoms with Crippen LogP contribution < -0.4 is 5.56 Å². The SMILES string of the molecule is CC(C)c1nc(Cc2nc3nc4c(c(=O)n3[nH]2)CCCC4)n(-c2ccccc2)n1. The monoisotopic (exact) mass is 389 g/mol. The number of nitrogens with zero attached hydrogens (tertiary/aromatic N) is 6. The molecular formula is C21H23N7O. The summed E-state index contributed by atoms with van der Waals surface area (Å²) in [4.78, 5) is 26.8. The van der Waals surface area contributed by atoms with Crippen LogP contribution in [-0.4, -0.2) is 34.3 Å². The Labute approximate surface area is 167 Å². The Morgan fingerprint density at radius 3 is 2.66 bits per heavy atom. The van der Waals surface area contributed by atoms with Crippen LogP contribution in [-0.2, 0) is 19.3 Å². The average molecular weight is 389 g/mol. The minimum absolute atomic E-state index is 0.0316. The summed E-state index contributed by atoms with van der Waals surface area (Å²) < 4.78 is 3.32. The van der Waals surface area contributed by atoms with Crippen LogP contribution in [0.2, 0.25) is 0 Å². The van der Waals surface area contributed by atoms with Crippen molar-refractivity contribution in [2.24, 2.45) is 0 Å². The maximum Gasteiger partial charge on any atom is 0.277 e. The molecule has 5 rings (SSSR count). The molecule has 8 nitrogen and oxygen atoms in total. The minimum Gasteiger partial charge on any atom is -0.275 e. The summed E-state index contributed by atoms with van der Waals surface area (Å²) in [5, 5.41) is 7.82. The molecule has 1 aromatic carbocycles. The predicted molar refractivity (Wildman–Crippen MR) is 109 cm³/mol. The smallest absolute Gasteiger partial charge is 0.275 e. The van der Waals surface area contributed by atoms with Gasteiger partial charge in [-0.3, -0.25) is 9.89 Å². The van der Waals surface area contributed by atoms with Gasteiger partial charge in [-0.15, -0.1) is 0 Å². The lowest BCUT2D eigenvalue weighted by Crippen LogP contribution is -2.25. The normalized spacial score (nSPS) is 13.9. The maximum absolute atomic E-state index is 12.8. The van der Waals surface area contributed by atoms with E-state index >= 15 is 0 Å². The van der Waals surface area contributed by atoms with Crippen LogP contribution in [0.1, 0.15) is 61.3 Å². The van der Waals surface area contributed by atoms with Crippen molar-refractivity contribution in [2.75, 3.05) is 0 Å². The predicted octanol–water partition coefficient (Wildman–Crippen LogP) is 2.59. The molecule has 0 atom stereocenters. The standard InChI is InChI=1S/C21H23N7O/c1-13(2)19-24-18(27(26-19)14-8-4-3-5-9-14)12-17-23-21-22-16-11-7-6-10-15(16)20(29)28(21)25-17/h3-5,8-9,13H,6-7,10-12H2,1-2H3,(H,22,23,25). The molecule has 3 heterocycles. The summed E-state index contributed by atoms with van der Waals surface area (Å²) in [5.41, 5.74) is 2.63. The Morgan fingerprint density at radius 1 is 1.07 bits per heavy atom. The van der Waals surface area contributed by atoms with Crippen molar-refractivity contribution in [3.8, 4) is 5.69 Å². The highest BCUT2D eigenvalue weighted by molar-refractivity contribution is 5.35. The zero-order valence-corrected chi connectivity index (χ0v) is 16.6. The topological polar surface area (TPSA) is 93.8 Å². The first-order valence-electron chi connectivity index (χ1n) is 10.1. The lowest BCUT2D eigenvalue weighted by molar-refractivity contribution is 0.650. The molecule has 4 aromatic rings. The van der Waals surface area contributed by atoms with Crippen LogP contribution in [0, 0.1) is 0 Å². The van der Waals surface area contributed by atoms with Crippen molar-refractivity contribution >= 4 is 5.78 Å². The average Bonchev–Trinajstić information content (AvgIpc) is 3.33. The second-order valence-electron chi connectivity index (χ2n) is 7.82. The van der Waals surface area contributed by atoms with Crippen LogP contribution in [0.15, 0.2) is 35.1 Å². The Balaban J connectivity index is 1.57. The molecule has 0 spiro atoms. The molecule has 3 aromatic heterocycles. The Bertz CT molecular complexity index is 1230. The first kappa shape index (κ1) is 17.8. The van der Waals surface area contributed by atoms with Gasteiger partial charge in [-0.2, -0.15) is 14.6 Å². The third-order valence-corrected chi connectivity index (χ3v) is 5.34. The maximum atomic E-state index is 12.8. The van der Waals surface area contributed by atoms with Gasteiger partial charge in [-0.25, -0.2) is 14.6 Å². The van der Waals surface area contributed by atoms with E-state index in [1.807, 2.05) is 35.0 Å². The molecule has 0 amide bonds. The van der Waals surface area contributed by atoms with E-state index in [0.717, 1.165) is 54.3 Å². The van der Waals surface area contributed by atoms with E-state index in [9.17, 15) is 4.79 Å². The van der Waals surface area contributed by atoms with E-state index in [4.69, 9.17) is 10.1 Å². The number of nitrogens with one attached hydrogen (secondary N) is 1. The molecule has 0 saturated heterocycles. The largest absolute Gasteiger partial charge is 0.277 e. The molecular weight excluding hydrogens is 366 g/mol. The van der Waals surface area contributed by atoms with Gasteiger partial charge in [-0.05, 0) is 37.8 Å². The van der Waals surface area contributed by atoms with Crippen LogP contribution >= 0.6 is 0 Å². The second-order valence-corrected chi connectivity index (χ2v) is 7.82. The number of H-pyrrole nitrogens is 1. The number of aromatic nitrogens is 7. The van der Waals surface area contributed by atoms with Gasteiger partial charge in [0.1, 0.15) is 11.6 Å². The highest BCUT2D eigenvalue weighted by Gasteiger charge is 2.20. The summed E-state index contributed by atoms with van der Waals surface area (Å²) in [7, 11) is 0. The number of aromatic amines is 1. The van der Waals surface area contributed by atoms with E-state index in [-0.39, 0.29) is 11.5 Å². The van der Waals surface area contributed by atoms with Gasteiger partial charge in [0.2, 0.25) is 0 Å². The van der Waals surface area contributed by atoms with Crippen LogP contribution in [0.4, 0.5) is 0 Å². The summed E-state index contributed by atoms with van der Waals surface area (Å²) in [5.74, 6) is 2.85. The van der Waals surface area contributed by atoms with E-state index in [1.165, 1.54) is 4.52 Å². The second kappa shape index (κ2) is 6.95. The molecule has 148 valence electrons. The number of benzene rings is 1. The Morgan fingerprint density at radius 2 is 1.86 bits per heavy atom. The number of hydrogen-bond acceptors (Lipinski definition) is 5. The van der Waals surface area contributed by atoms with E-state index in [2.05, 4.69) is 28.9 Å². The lowest BCUT2D eigenvalue weighted by Gasteiger charge is -2.12. The van der Waals surface area contributed by atoms with Crippen molar-refractivity contribution < 1.29 is 0 Å². The molecule has 0 fully saturated rings. The number of hydrogen-bond donors (Lipinski definition) is 1. The first-order chi connectivity index (χ1) is 14.1. The summed E-state index contributed by atoms with van der Waals surface area (Å²) >= 11 is 0. The lowest BCUT2D eigenvalue weighted by atomic mass is 9.97. The molecule has 0 bridgehead atoms. The van der Waals surface area contributed by atoms with Gasteiger partial charge in [0.25, 0.3) is 11.3 Å². The zero-order chi connectivity index (χ0) is 20.0. The fourth-order valence-electron chi connectivity index (χ4n) is 3.82. The number of aryl methyl sites for hydroxylation is 1. The molecule has 0 unspecified atom stereocenters. The molecule has 1 aliphatic rings. The highest BCUT2D eigenvalue weighted by Crippen LogP contribution is 2.18. The molecule has 8 heteroatoms. The highest BCUT2D eigenvalue weighted by atomic mass is 16.1. The van der Waals surface area contributed by atoms with Gasteiger partial charge in [-0.1, -0.05) is 32.0 Å². The quantitative estimate of drug-likeness (QED) is 0.579. The van der Waals surface area contributed by atoms with Crippen molar-refractivity contribution in [1.82, 2.24) is 34.3 Å². The minimum atomic E-state index is -0.0316. The molecule has 0 radical (unpaired) electrons. The summed E-state index contributed by atoms with van der Waals surface area (Å²) in [6, 6.07) is 9.93. The third kappa shape index (κ3) is 3.14. The molecule has 1 aliphatic carbocycles. The van der Waals surface area contributed by atoms with Crippen LogP contribution in [0.3, 0.4) is 0 Å². The fraction of sp³-hybridized carbons (Fsp3) is 0.381. The van der Waals surface area contributed by atoms with E-state index < -0.39 is 0 Å². The van der Waals surface area contributed by atoms with Gasteiger partial charge >= 0.3 is 0 Å². The van der Waals surface area contributed by atoms with Crippen LogP contribution in [0.5, 0.6) is 0 Å². The Kier molecular flexibility index (Phi) is 4.26. The third-order valence-electron chi connectivity index (χ3n) is 5.34. The summed E-state index contributed by atoms with van der Waals surface area (Å²) in [6.07, 6.45) is 4.18. The van der Waals surface area contributed by atoms with E-state index in [1.54, 1.807) is 0 Å². The zero-order valence-electron chi connectivity index (χ0n) is 16.6. The molecule has 29 heavy (non-hydrogen) atoms. The van der Waals surface area contributed by atoms with Crippen molar-refractivity contribution in [1.29, 1.82) is 0 Å². The fourth-order valence-corrected chi connectivity index (χ4v) is 3.82. The van der Waals surface area contributed by atoms with Crippen molar-refractivity contribution in [2.45, 2.75) is 51.9 Å².